The first-order valence-corrected chi connectivity index (χ1v) is 8.41. The topological polar surface area (TPSA) is 79.4 Å². The van der Waals surface area contributed by atoms with Crippen molar-refractivity contribution in [1.29, 1.82) is 0 Å². The summed E-state index contributed by atoms with van der Waals surface area (Å²) in [6, 6.07) is 6.78. The number of amides is 2. The second kappa shape index (κ2) is 7.67. The fourth-order valence-corrected chi connectivity index (χ4v) is 2.67. The number of carbonyl (C=O) groups is 1. The number of nitrogens with one attached hydrogen (secondary N) is 2. The maximum Gasteiger partial charge on any atom is 0.326 e. The van der Waals surface area contributed by atoms with Crippen molar-refractivity contribution in [3.05, 3.63) is 40.5 Å². The molecule has 3 rings (SSSR count). The summed E-state index contributed by atoms with van der Waals surface area (Å²) < 4.78 is 5.36. The van der Waals surface area contributed by atoms with Gasteiger partial charge in [0, 0.05) is 35.6 Å². The summed E-state index contributed by atoms with van der Waals surface area (Å²) >= 11 is 5.99. The predicted octanol–water partition coefficient (Wildman–Crippen LogP) is 3.23. The van der Waals surface area contributed by atoms with Gasteiger partial charge >= 0.3 is 6.03 Å². The lowest BCUT2D eigenvalue weighted by Crippen LogP contribution is -2.37. The van der Waals surface area contributed by atoms with E-state index in [1.54, 1.807) is 18.2 Å². The zero-order valence-corrected chi connectivity index (χ0v) is 14.9. The summed E-state index contributed by atoms with van der Waals surface area (Å²) in [5.41, 5.74) is 2.33. The van der Waals surface area contributed by atoms with Crippen LogP contribution in [0.25, 0.3) is 0 Å². The van der Waals surface area contributed by atoms with E-state index in [-0.39, 0.29) is 5.95 Å². The van der Waals surface area contributed by atoms with Crippen molar-refractivity contribution in [3.63, 3.8) is 0 Å². The van der Waals surface area contributed by atoms with E-state index in [2.05, 4.69) is 25.5 Å². The Morgan fingerprint density at radius 2 is 1.92 bits per heavy atom. The van der Waals surface area contributed by atoms with E-state index in [1.165, 1.54) is 0 Å². The summed E-state index contributed by atoms with van der Waals surface area (Å²) in [7, 11) is 0. The van der Waals surface area contributed by atoms with E-state index in [0.717, 1.165) is 30.2 Å². The number of hydrogen-bond donors (Lipinski definition) is 2. The SMILES string of the molecule is Cc1cc(N2CCOCC2)nc(NC(=O)Nc2ccc(Cl)c(C)c2)n1. The molecule has 132 valence electrons. The summed E-state index contributed by atoms with van der Waals surface area (Å²) in [4.78, 5) is 23.0. The van der Waals surface area contributed by atoms with Gasteiger partial charge in [-0.05, 0) is 37.6 Å². The van der Waals surface area contributed by atoms with Crippen LogP contribution in [0.4, 0.5) is 22.2 Å². The van der Waals surface area contributed by atoms with Gasteiger partial charge in [0.05, 0.1) is 13.2 Å². The molecule has 0 aliphatic carbocycles. The molecule has 0 radical (unpaired) electrons. The van der Waals surface area contributed by atoms with Crippen LogP contribution in [-0.2, 0) is 4.74 Å². The Balaban J connectivity index is 1.69. The van der Waals surface area contributed by atoms with Crippen molar-refractivity contribution in [2.24, 2.45) is 0 Å². The van der Waals surface area contributed by atoms with E-state index in [0.29, 0.717) is 23.9 Å². The summed E-state index contributed by atoms with van der Waals surface area (Å²) in [5, 5.41) is 6.09. The maximum atomic E-state index is 12.2. The molecule has 25 heavy (non-hydrogen) atoms. The second-order valence-electron chi connectivity index (χ2n) is 5.83. The molecule has 0 spiro atoms. The van der Waals surface area contributed by atoms with Gasteiger partial charge in [0.2, 0.25) is 5.95 Å². The molecule has 0 unspecified atom stereocenters. The first kappa shape index (κ1) is 17.4. The van der Waals surface area contributed by atoms with Crippen LogP contribution in [0.2, 0.25) is 5.02 Å². The normalized spacial score (nSPS) is 14.3. The molecular weight excluding hydrogens is 342 g/mol. The lowest BCUT2D eigenvalue weighted by molar-refractivity contribution is 0.122. The van der Waals surface area contributed by atoms with Crippen LogP contribution in [0, 0.1) is 13.8 Å². The lowest BCUT2D eigenvalue weighted by Gasteiger charge is -2.28. The number of benzene rings is 1. The number of morpholine rings is 1. The molecule has 2 amide bonds. The monoisotopic (exact) mass is 361 g/mol. The molecule has 1 aliphatic rings. The molecule has 7 nitrogen and oxygen atoms in total. The highest BCUT2D eigenvalue weighted by Gasteiger charge is 2.15. The van der Waals surface area contributed by atoms with Gasteiger partial charge in [-0.2, -0.15) is 4.98 Å². The highest BCUT2D eigenvalue weighted by atomic mass is 35.5. The number of hydrogen-bond acceptors (Lipinski definition) is 5. The fraction of sp³-hybridized carbons (Fsp3) is 0.353. The first-order valence-electron chi connectivity index (χ1n) is 8.04. The fourth-order valence-electron chi connectivity index (χ4n) is 2.55. The lowest BCUT2D eigenvalue weighted by atomic mass is 10.2. The van der Waals surface area contributed by atoms with Gasteiger partial charge in [0.1, 0.15) is 5.82 Å². The number of halogens is 1. The highest BCUT2D eigenvalue weighted by molar-refractivity contribution is 6.31. The predicted molar refractivity (Wildman–Crippen MR) is 98.6 cm³/mol. The minimum atomic E-state index is -0.403. The van der Waals surface area contributed by atoms with E-state index in [9.17, 15) is 4.79 Å². The minimum absolute atomic E-state index is 0.268. The van der Waals surface area contributed by atoms with Crippen molar-refractivity contribution in [2.75, 3.05) is 41.8 Å². The molecule has 1 fully saturated rings. The molecule has 0 saturated carbocycles. The molecule has 2 heterocycles. The largest absolute Gasteiger partial charge is 0.378 e. The first-order chi connectivity index (χ1) is 12.0. The van der Waals surface area contributed by atoms with Crippen LogP contribution in [0.1, 0.15) is 11.3 Å². The van der Waals surface area contributed by atoms with E-state index < -0.39 is 6.03 Å². The molecule has 1 aliphatic heterocycles. The number of carbonyl (C=O) groups excluding carboxylic acids is 1. The second-order valence-corrected chi connectivity index (χ2v) is 6.24. The minimum Gasteiger partial charge on any atom is -0.378 e. The van der Waals surface area contributed by atoms with Crippen molar-refractivity contribution in [2.45, 2.75) is 13.8 Å². The average molecular weight is 362 g/mol. The van der Waals surface area contributed by atoms with Gasteiger partial charge in [-0.1, -0.05) is 11.6 Å². The van der Waals surface area contributed by atoms with Crippen LogP contribution in [0.3, 0.4) is 0 Å². The quantitative estimate of drug-likeness (QED) is 0.877. The maximum absolute atomic E-state index is 12.2. The standard InChI is InChI=1S/C17H20ClN5O2/c1-11-9-13(3-4-14(11)18)20-17(24)22-16-19-12(2)10-15(21-16)23-5-7-25-8-6-23/h3-4,9-10H,5-8H2,1-2H3,(H2,19,20,21,22,24). The summed E-state index contributed by atoms with van der Waals surface area (Å²) in [5.74, 6) is 1.05. The summed E-state index contributed by atoms with van der Waals surface area (Å²) in [6.07, 6.45) is 0. The van der Waals surface area contributed by atoms with Gasteiger partial charge in [0.15, 0.2) is 0 Å². The number of ether oxygens (including phenoxy) is 1. The number of urea groups is 1. The Morgan fingerprint density at radius 1 is 1.16 bits per heavy atom. The Kier molecular flexibility index (Phi) is 5.35. The van der Waals surface area contributed by atoms with Gasteiger partial charge in [0.25, 0.3) is 0 Å². The van der Waals surface area contributed by atoms with Crippen molar-refractivity contribution in [3.8, 4) is 0 Å². The number of rotatable bonds is 3. The van der Waals surface area contributed by atoms with Crippen molar-refractivity contribution < 1.29 is 9.53 Å². The van der Waals surface area contributed by atoms with Crippen LogP contribution < -0.4 is 15.5 Å². The molecule has 1 saturated heterocycles. The summed E-state index contributed by atoms with van der Waals surface area (Å²) in [6.45, 7) is 6.63. The molecule has 1 aromatic heterocycles. The van der Waals surface area contributed by atoms with Crippen LogP contribution >= 0.6 is 11.6 Å². The van der Waals surface area contributed by atoms with E-state index >= 15 is 0 Å². The Hall–Kier alpha value is -2.38. The third kappa shape index (κ3) is 4.58. The van der Waals surface area contributed by atoms with Crippen LogP contribution in [-0.4, -0.2) is 42.3 Å². The Bertz CT molecular complexity index is 778. The van der Waals surface area contributed by atoms with Crippen LogP contribution in [0.15, 0.2) is 24.3 Å². The van der Waals surface area contributed by atoms with Crippen LogP contribution in [0.5, 0.6) is 0 Å². The molecule has 1 aromatic carbocycles. The van der Waals surface area contributed by atoms with Gasteiger partial charge in [-0.3, -0.25) is 5.32 Å². The smallest absolute Gasteiger partial charge is 0.326 e. The zero-order chi connectivity index (χ0) is 17.8. The number of aryl methyl sites for hydroxylation is 2. The Labute approximate surface area is 151 Å². The number of aromatic nitrogens is 2. The average Bonchev–Trinajstić information content (AvgIpc) is 2.58. The van der Waals surface area contributed by atoms with E-state index in [1.807, 2.05) is 19.9 Å². The van der Waals surface area contributed by atoms with E-state index in [4.69, 9.17) is 16.3 Å². The van der Waals surface area contributed by atoms with Gasteiger partial charge in [-0.25, -0.2) is 9.78 Å². The van der Waals surface area contributed by atoms with Crippen molar-refractivity contribution in [1.82, 2.24) is 9.97 Å². The molecule has 2 N–H and O–H groups in total. The van der Waals surface area contributed by atoms with Crippen molar-refractivity contribution >= 4 is 35.1 Å². The number of anilines is 3. The third-order valence-corrected chi connectivity index (χ3v) is 4.24. The van der Waals surface area contributed by atoms with Gasteiger partial charge < -0.3 is 15.0 Å². The molecule has 0 bridgehead atoms. The zero-order valence-electron chi connectivity index (χ0n) is 14.2. The van der Waals surface area contributed by atoms with Gasteiger partial charge in [-0.15, -0.1) is 0 Å². The molecule has 0 atom stereocenters. The highest BCUT2D eigenvalue weighted by Crippen LogP contribution is 2.20. The Morgan fingerprint density at radius 3 is 2.64 bits per heavy atom. The molecule has 2 aromatic rings. The molecule has 8 heteroatoms. The third-order valence-electron chi connectivity index (χ3n) is 3.82. The number of nitrogens with zero attached hydrogens (tertiary/aromatic N) is 3. The molecular formula is C17H20ClN5O2.